The molecule has 0 aliphatic carbocycles. The number of rotatable bonds is 3. The van der Waals surface area contributed by atoms with E-state index in [0.717, 1.165) is 32.1 Å². The Labute approximate surface area is 96.6 Å². The number of anilines is 1. The van der Waals surface area contributed by atoms with Crippen molar-refractivity contribution < 1.29 is 4.74 Å². The van der Waals surface area contributed by atoms with Crippen molar-refractivity contribution >= 4 is 5.82 Å². The fourth-order valence-corrected chi connectivity index (χ4v) is 1.90. The lowest BCUT2D eigenvalue weighted by Crippen LogP contribution is -2.42. The summed E-state index contributed by atoms with van der Waals surface area (Å²) < 4.78 is 5.42. The van der Waals surface area contributed by atoms with Gasteiger partial charge in [-0.25, -0.2) is 4.98 Å². The summed E-state index contributed by atoms with van der Waals surface area (Å²) in [5, 5.41) is 3.02. The third-order valence-electron chi connectivity index (χ3n) is 2.97. The molecule has 1 aliphatic rings. The fraction of sp³-hybridized carbons (Fsp3) is 0.583. The monoisotopic (exact) mass is 221 g/mol. The molecule has 88 valence electrons. The Morgan fingerprint density at radius 1 is 1.56 bits per heavy atom. The summed E-state index contributed by atoms with van der Waals surface area (Å²) in [6.45, 7) is 5.85. The molecule has 4 nitrogen and oxygen atoms in total. The van der Waals surface area contributed by atoms with Crippen molar-refractivity contribution in [2.45, 2.75) is 19.5 Å². The van der Waals surface area contributed by atoms with E-state index in [2.05, 4.69) is 28.2 Å². The molecule has 1 aromatic rings. The summed E-state index contributed by atoms with van der Waals surface area (Å²) >= 11 is 0. The van der Waals surface area contributed by atoms with E-state index >= 15 is 0 Å². The van der Waals surface area contributed by atoms with Crippen LogP contribution in [0.2, 0.25) is 0 Å². The maximum atomic E-state index is 5.42. The number of pyridine rings is 1. The molecule has 1 fully saturated rings. The van der Waals surface area contributed by atoms with Crippen LogP contribution in [-0.4, -0.2) is 42.7 Å². The maximum Gasteiger partial charge on any atom is 0.125 e. The second-order valence-electron chi connectivity index (χ2n) is 4.20. The third kappa shape index (κ3) is 2.71. The van der Waals surface area contributed by atoms with Gasteiger partial charge in [0.15, 0.2) is 0 Å². The number of ether oxygens (including phenoxy) is 1. The highest BCUT2D eigenvalue weighted by Crippen LogP contribution is 2.12. The van der Waals surface area contributed by atoms with Crippen molar-refractivity contribution in [2.24, 2.45) is 0 Å². The van der Waals surface area contributed by atoms with Crippen molar-refractivity contribution in [3.63, 3.8) is 0 Å². The number of aromatic nitrogens is 1. The van der Waals surface area contributed by atoms with Crippen molar-refractivity contribution in [3.05, 3.63) is 23.9 Å². The Balaban J connectivity index is 1.96. The van der Waals surface area contributed by atoms with Crippen molar-refractivity contribution in [3.8, 4) is 0 Å². The van der Waals surface area contributed by atoms with E-state index in [1.54, 1.807) is 0 Å². The normalized spacial score (nSPS) is 22.0. The lowest BCUT2D eigenvalue weighted by molar-refractivity contribution is -0.00440. The van der Waals surface area contributed by atoms with E-state index < -0.39 is 0 Å². The smallest absolute Gasteiger partial charge is 0.125 e. The molecule has 0 amide bonds. The molecule has 4 heteroatoms. The molecule has 16 heavy (non-hydrogen) atoms. The fourth-order valence-electron chi connectivity index (χ4n) is 1.90. The van der Waals surface area contributed by atoms with Gasteiger partial charge in [-0.2, -0.15) is 0 Å². The second kappa shape index (κ2) is 5.27. The highest BCUT2D eigenvalue weighted by atomic mass is 16.5. The largest absolute Gasteiger partial charge is 0.379 e. The molecule has 2 heterocycles. The summed E-state index contributed by atoms with van der Waals surface area (Å²) in [6.07, 6.45) is 1.94. The highest BCUT2D eigenvalue weighted by molar-refractivity contribution is 5.34. The molecule has 1 atom stereocenters. The van der Waals surface area contributed by atoms with Gasteiger partial charge in [-0.15, -0.1) is 0 Å². The standard InChI is InChI=1S/C12H19N3O/c1-10-9-16-6-5-15(10)8-11-3-4-12(13-2)14-7-11/h3-4,7,10H,5-6,8-9H2,1-2H3,(H,13,14). The van der Waals surface area contributed by atoms with E-state index in [0.29, 0.717) is 6.04 Å². The molecule has 1 aromatic heterocycles. The van der Waals surface area contributed by atoms with E-state index in [4.69, 9.17) is 4.74 Å². The van der Waals surface area contributed by atoms with Crippen LogP contribution in [0.5, 0.6) is 0 Å². The first-order chi connectivity index (χ1) is 7.79. The summed E-state index contributed by atoms with van der Waals surface area (Å²) in [5.41, 5.74) is 1.26. The van der Waals surface area contributed by atoms with Crippen LogP contribution in [0.1, 0.15) is 12.5 Å². The number of hydrogen-bond donors (Lipinski definition) is 1. The Morgan fingerprint density at radius 3 is 3.06 bits per heavy atom. The van der Waals surface area contributed by atoms with Gasteiger partial charge in [-0.1, -0.05) is 6.07 Å². The summed E-state index contributed by atoms with van der Waals surface area (Å²) in [7, 11) is 1.88. The van der Waals surface area contributed by atoms with Crippen LogP contribution in [0.4, 0.5) is 5.82 Å². The van der Waals surface area contributed by atoms with E-state index in [-0.39, 0.29) is 0 Å². The van der Waals surface area contributed by atoms with Gasteiger partial charge in [0, 0.05) is 32.4 Å². The topological polar surface area (TPSA) is 37.4 Å². The minimum Gasteiger partial charge on any atom is -0.379 e. The van der Waals surface area contributed by atoms with Gasteiger partial charge in [0.25, 0.3) is 0 Å². The zero-order valence-electron chi connectivity index (χ0n) is 9.94. The van der Waals surface area contributed by atoms with Gasteiger partial charge in [-0.05, 0) is 18.6 Å². The van der Waals surface area contributed by atoms with Gasteiger partial charge in [0.1, 0.15) is 5.82 Å². The van der Waals surface area contributed by atoms with Crippen LogP contribution in [0.25, 0.3) is 0 Å². The van der Waals surface area contributed by atoms with Crippen LogP contribution < -0.4 is 5.32 Å². The number of morpholine rings is 1. The lowest BCUT2D eigenvalue weighted by atomic mass is 10.2. The quantitative estimate of drug-likeness (QED) is 0.836. The summed E-state index contributed by atoms with van der Waals surface area (Å²) in [4.78, 5) is 6.75. The molecule has 2 rings (SSSR count). The first kappa shape index (κ1) is 11.4. The third-order valence-corrected chi connectivity index (χ3v) is 2.97. The van der Waals surface area contributed by atoms with E-state index in [1.165, 1.54) is 5.56 Å². The summed E-state index contributed by atoms with van der Waals surface area (Å²) in [6, 6.07) is 4.64. The highest BCUT2D eigenvalue weighted by Gasteiger charge is 2.18. The minimum atomic E-state index is 0.498. The van der Waals surface area contributed by atoms with Crippen LogP contribution in [0.3, 0.4) is 0 Å². The van der Waals surface area contributed by atoms with Crippen LogP contribution in [0, 0.1) is 0 Å². The number of nitrogens with zero attached hydrogens (tertiary/aromatic N) is 2. The molecule has 0 bridgehead atoms. The Kier molecular flexibility index (Phi) is 3.74. The molecule has 0 radical (unpaired) electrons. The first-order valence-corrected chi connectivity index (χ1v) is 5.74. The Morgan fingerprint density at radius 2 is 2.44 bits per heavy atom. The molecule has 0 spiro atoms. The predicted molar refractivity (Wildman–Crippen MR) is 64.5 cm³/mol. The SMILES string of the molecule is CNc1ccc(CN2CCOCC2C)cn1. The Hall–Kier alpha value is -1.13. The second-order valence-corrected chi connectivity index (χ2v) is 4.20. The molecular formula is C12H19N3O. The van der Waals surface area contributed by atoms with Gasteiger partial charge >= 0.3 is 0 Å². The van der Waals surface area contributed by atoms with Crippen molar-refractivity contribution in [1.82, 2.24) is 9.88 Å². The van der Waals surface area contributed by atoms with Crippen LogP contribution in [-0.2, 0) is 11.3 Å². The minimum absolute atomic E-state index is 0.498. The van der Waals surface area contributed by atoms with Gasteiger partial charge in [0.05, 0.1) is 13.2 Å². The molecular weight excluding hydrogens is 202 g/mol. The molecule has 1 saturated heterocycles. The zero-order valence-corrected chi connectivity index (χ0v) is 9.94. The molecule has 1 aliphatic heterocycles. The van der Waals surface area contributed by atoms with Gasteiger partial charge < -0.3 is 10.1 Å². The molecule has 1 N–H and O–H groups in total. The zero-order chi connectivity index (χ0) is 11.4. The average molecular weight is 221 g/mol. The maximum absolute atomic E-state index is 5.42. The van der Waals surface area contributed by atoms with E-state index in [9.17, 15) is 0 Å². The van der Waals surface area contributed by atoms with Crippen molar-refractivity contribution in [1.29, 1.82) is 0 Å². The van der Waals surface area contributed by atoms with Crippen LogP contribution in [0.15, 0.2) is 18.3 Å². The Bertz CT molecular complexity index is 326. The lowest BCUT2D eigenvalue weighted by Gasteiger charge is -2.33. The number of nitrogens with one attached hydrogen (secondary N) is 1. The summed E-state index contributed by atoms with van der Waals surface area (Å²) in [5.74, 6) is 0.916. The van der Waals surface area contributed by atoms with E-state index in [1.807, 2.05) is 19.3 Å². The molecule has 1 unspecified atom stereocenters. The predicted octanol–water partition coefficient (Wildman–Crippen LogP) is 1.34. The molecule has 0 aromatic carbocycles. The van der Waals surface area contributed by atoms with Gasteiger partial charge in [-0.3, -0.25) is 4.90 Å². The molecule has 0 saturated carbocycles. The van der Waals surface area contributed by atoms with Crippen molar-refractivity contribution in [2.75, 3.05) is 32.1 Å². The number of hydrogen-bond acceptors (Lipinski definition) is 4. The van der Waals surface area contributed by atoms with Gasteiger partial charge in [0.2, 0.25) is 0 Å². The average Bonchev–Trinajstić information content (AvgIpc) is 2.33. The van der Waals surface area contributed by atoms with Crippen LogP contribution >= 0.6 is 0 Å². The first-order valence-electron chi connectivity index (χ1n) is 5.74.